The van der Waals surface area contributed by atoms with Crippen molar-refractivity contribution in [3.63, 3.8) is 0 Å². The lowest BCUT2D eigenvalue weighted by atomic mass is 9.72. The van der Waals surface area contributed by atoms with Gasteiger partial charge >= 0.3 is 0 Å². The molecule has 0 atom stereocenters. The van der Waals surface area contributed by atoms with Crippen LogP contribution in [-0.4, -0.2) is 10.9 Å². The summed E-state index contributed by atoms with van der Waals surface area (Å²) in [5.74, 6) is -2.57. The summed E-state index contributed by atoms with van der Waals surface area (Å²) >= 11 is 0. The summed E-state index contributed by atoms with van der Waals surface area (Å²) in [7, 11) is 0. The van der Waals surface area contributed by atoms with Gasteiger partial charge in [-0.2, -0.15) is 0 Å². The molecule has 1 nitrogen and oxygen atoms in total. The topological polar surface area (TPSA) is 12.9 Å². The Bertz CT molecular complexity index is 372. The quantitative estimate of drug-likeness (QED) is 0.657. The fraction of sp³-hybridized carbons (Fsp3) is 0.643. The van der Waals surface area contributed by atoms with Crippen LogP contribution < -0.4 is 0 Å². The Morgan fingerprint density at radius 3 is 2.47 bits per heavy atom. The van der Waals surface area contributed by atoms with Crippen molar-refractivity contribution in [2.75, 3.05) is 0 Å². The molecule has 0 aromatic carbocycles. The molecule has 0 radical (unpaired) electrons. The SMILES string of the molecule is CC1(C)CC(F)(F)Cc2ccncc21.CCC. The molecule has 0 saturated carbocycles. The number of fused-ring (bicyclic) bond motifs is 1. The highest BCUT2D eigenvalue weighted by molar-refractivity contribution is 5.34. The highest BCUT2D eigenvalue weighted by atomic mass is 19.3. The number of aromatic nitrogens is 1. The molecule has 3 heteroatoms. The monoisotopic (exact) mass is 241 g/mol. The lowest BCUT2D eigenvalue weighted by Gasteiger charge is -2.36. The van der Waals surface area contributed by atoms with E-state index in [1.807, 2.05) is 13.8 Å². The summed E-state index contributed by atoms with van der Waals surface area (Å²) in [5, 5.41) is 0. The van der Waals surface area contributed by atoms with Gasteiger partial charge in [-0.1, -0.05) is 34.1 Å². The third-order valence-electron chi connectivity index (χ3n) is 2.79. The van der Waals surface area contributed by atoms with Gasteiger partial charge in [0.25, 0.3) is 5.92 Å². The Morgan fingerprint density at radius 1 is 1.29 bits per heavy atom. The van der Waals surface area contributed by atoms with Crippen LogP contribution in [0.3, 0.4) is 0 Å². The lowest BCUT2D eigenvalue weighted by Crippen LogP contribution is -2.37. The van der Waals surface area contributed by atoms with E-state index in [-0.39, 0.29) is 12.8 Å². The molecule has 96 valence electrons. The van der Waals surface area contributed by atoms with E-state index in [1.165, 1.54) is 6.42 Å². The van der Waals surface area contributed by atoms with Crippen molar-refractivity contribution in [3.8, 4) is 0 Å². The third kappa shape index (κ3) is 3.48. The molecule has 17 heavy (non-hydrogen) atoms. The van der Waals surface area contributed by atoms with Crippen molar-refractivity contribution in [2.45, 2.75) is 58.3 Å². The van der Waals surface area contributed by atoms with Gasteiger partial charge in [0, 0.05) is 25.2 Å². The minimum atomic E-state index is -2.57. The zero-order valence-corrected chi connectivity index (χ0v) is 11.1. The first-order valence-corrected chi connectivity index (χ1v) is 6.13. The van der Waals surface area contributed by atoms with Crippen LogP contribution in [0.25, 0.3) is 0 Å². The van der Waals surface area contributed by atoms with Crippen LogP contribution in [-0.2, 0) is 11.8 Å². The van der Waals surface area contributed by atoms with Crippen molar-refractivity contribution in [1.29, 1.82) is 0 Å². The molecule has 0 spiro atoms. The Balaban J connectivity index is 0.000000437. The van der Waals surface area contributed by atoms with Gasteiger partial charge in [0.15, 0.2) is 0 Å². The molecule has 0 bridgehead atoms. The van der Waals surface area contributed by atoms with E-state index in [4.69, 9.17) is 0 Å². The predicted octanol–water partition coefficient (Wildman–Crippen LogP) is 4.36. The van der Waals surface area contributed by atoms with Crippen LogP contribution in [0.15, 0.2) is 18.5 Å². The second kappa shape index (κ2) is 5.11. The number of rotatable bonds is 0. The zero-order chi connectivity index (χ0) is 13.1. The number of pyridine rings is 1. The first-order valence-electron chi connectivity index (χ1n) is 6.13. The van der Waals surface area contributed by atoms with E-state index in [0.717, 1.165) is 11.1 Å². The number of nitrogens with zero attached hydrogens (tertiary/aromatic N) is 1. The zero-order valence-electron chi connectivity index (χ0n) is 11.1. The average molecular weight is 241 g/mol. The molecular formula is C14H21F2N. The van der Waals surface area contributed by atoms with Gasteiger partial charge in [0.05, 0.1) is 0 Å². The number of halogens is 2. The molecule has 2 rings (SSSR count). The van der Waals surface area contributed by atoms with Crippen molar-refractivity contribution >= 4 is 0 Å². The molecule has 1 heterocycles. The van der Waals surface area contributed by atoms with Gasteiger partial charge in [-0.3, -0.25) is 4.98 Å². The van der Waals surface area contributed by atoms with Crippen molar-refractivity contribution in [3.05, 3.63) is 29.6 Å². The number of hydrogen-bond acceptors (Lipinski definition) is 1. The van der Waals surface area contributed by atoms with E-state index >= 15 is 0 Å². The molecule has 0 saturated heterocycles. The first-order chi connectivity index (χ1) is 7.82. The van der Waals surface area contributed by atoms with Gasteiger partial charge in [0.1, 0.15) is 0 Å². The molecule has 0 unspecified atom stereocenters. The largest absolute Gasteiger partial charge is 0.264 e. The minimum Gasteiger partial charge on any atom is -0.264 e. The van der Waals surface area contributed by atoms with Gasteiger partial charge in [-0.25, -0.2) is 8.78 Å². The standard InChI is InChI=1S/C11H13F2N.C3H8/c1-10(2)7-11(12,13)5-8-3-4-14-6-9(8)10;1-3-2/h3-4,6H,5,7H2,1-2H3;3H2,1-2H3. The lowest BCUT2D eigenvalue weighted by molar-refractivity contribution is -0.0328. The summed E-state index contributed by atoms with van der Waals surface area (Å²) in [6.07, 6.45) is 4.31. The van der Waals surface area contributed by atoms with Gasteiger partial charge in [-0.05, 0) is 22.6 Å². The van der Waals surface area contributed by atoms with Gasteiger partial charge in [0.2, 0.25) is 0 Å². The summed E-state index contributed by atoms with van der Waals surface area (Å²) in [6.45, 7) is 7.95. The maximum atomic E-state index is 13.4. The van der Waals surface area contributed by atoms with Crippen molar-refractivity contribution < 1.29 is 8.78 Å². The van der Waals surface area contributed by atoms with E-state index in [0.29, 0.717) is 0 Å². The molecule has 1 aliphatic carbocycles. The molecular weight excluding hydrogens is 220 g/mol. The highest BCUT2D eigenvalue weighted by Crippen LogP contribution is 2.43. The van der Waals surface area contributed by atoms with Crippen LogP contribution in [0, 0.1) is 0 Å². The molecule has 0 aliphatic heterocycles. The highest BCUT2D eigenvalue weighted by Gasteiger charge is 2.43. The Morgan fingerprint density at radius 2 is 1.88 bits per heavy atom. The Kier molecular flexibility index (Phi) is 4.23. The van der Waals surface area contributed by atoms with E-state index in [9.17, 15) is 8.78 Å². The second-order valence-electron chi connectivity index (χ2n) is 5.33. The van der Waals surface area contributed by atoms with Crippen LogP contribution in [0.4, 0.5) is 8.78 Å². The predicted molar refractivity (Wildman–Crippen MR) is 66.5 cm³/mol. The summed E-state index contributed by atoms with van der Waals surface area (Å²) in [6, 6.07) is 1.70. The normalized spacial score (nSPS) is 19.9. The van der Waals surface area contributed by atoms with Crippen LogP contribution in [0.5, 0.6) is 0 Å². The summed E-state index contributed by atoms with van der Waals surface area (Å²) < 4.78 is 26.7. The second-order valence-corrected chi connectivity index (χ2v) is 5.33. The summed E-state index contributed by atoms with van der Waals surface area (Å²) in [5.41, 5.74) is 1.23. The van der Waals surface area contributed by atoms with E-state index in [2.05, 4.69) is 18.8 Å². The van der Waals surface area contributed by atoms with Crippen molar-refractivity contribution in [1.82, 2.24) is 4.98 Å². The van der Waals surface area contributed by atoms with Crippen LogP contribution in [0.2, 0.25) is 0 Å². The average Bonchev–Trinajstić information content (AvgIpc) is 2.15. The van der Waals surface area contributed by atoms with Crippen molar-refractivity contribution in [2.24, 2.45) is 0 Å². The molecule has 0 fully saturated rings. The first kappa shape index (κ1) is 14.1. The number of hydrogen-bond donors (Lipinski definition) is 0. The maximum absolute atomic E-state index is 13.4. The summed E-state index contributed by atoms with van der Waals surface area (Å²) in [4.78, 5) is 4.00. The van der Waals surface area contributed by atoms with Gasteiger partial charge in [-0.15, -0.1) is 0 Å². The van der Waals surface area contributed by atoms with Gasteiger partial charge < -0.3 is 0 Å². The minimum absolute atomic E-state index is 0.0846. The fourth-order valence-corrected chi connectivity index (χ4v) is 2.27. The fourth-order valence-electron chi connectivity index (χ4n) is 2.27. The Hall–Kier alpha value is -0.990. The van der Waals surface area contributed by atoms with E-state index < -0.39 is 11.3 Å². The van der Waals surface area contributed by atoms with E-state index in [1.54, 1.807) is 18.5 Å². The molecule has 1 aromatic rings. The molecule has 1 aromatic heterocycles. The number of alkyl halides is 2. The maximum Gasteiger partial charge on any atom is 0.253 e. The molecule has 0 amide bonds. The smallest absolute Gasteiger partial charge is 0.253 e. The van der Waals surface area contributed by atoms with Crippen LogP contribution in [0.1, 0.15) is 51.7 Å². The molecule has 1 aliphatic rings. The van der Waals surface area contributed by atoms with Crippen LogP contribution >= 0.6 is 0 Å². The molecule has 0 N–H and O–H groups in total. The third-order valence-corrected chi connectivity index (χ3v) is 2.79. The Labute approximate surface area is 102 Å².